The van der Waals surface area contributed by atoms with E-state index in [1.165, 1.54) is 0 Å². The number of rotatable bonds is 2. The van der Waals surface area contributed by atoms with Gasteiger partial charge in [0, 0.05) is 24.1 Å². The van der Waals surface area contributed by atoms with Crippen molar-refractivity contribution >= 4 is 16.7 Å². The number of aromatic nitrogens is 4. The molecule has 2 aromatic heterocycles. The first-order chi connectivity index (χ1) is 8.38. The average molecular weight is 225 g/mol. The third kappa shape index (κ3) is 1.61. The first kappa shape index (κ1) is 9.77. The standard InChI is InChI=1S/C12H11N5/c1-13-12-5-11(14-7-15-12)8-3-2-4-10-9(8)6-16-17-10/h2-7H,1H3,(H,16,17)(H,13,14,15). The molecule has 5 nitrogen and oxygen atoms in total. The summed E-state index contributed by atoms with van der Waals surface area (Å²) in [5.41, 5.74) is 2.94. The molecule has 2 N–H and O–H groups in total. The average Bonchev–Trinajstić information content (AvgIpc) is 2.87. The lowest BCUT2D eigenvalue weighted by Crippen LogP contribution is -1.94. The van der Waals surface area contributed by atoms with Gasteiger partial charge in [-0.25, -0.2) is 9.97 Å². The molecule has 0 saturated heterocycles. The van der Waals surface area contributed by atoms with E-state index in [-0.39, 0.29) is 0 Å². The second kappa shape index (κ2) is 3.86. The van der Waals surface area contributed by atoms with Crippen LogP contribution < -0.4 is 5.32 Å². The van der Waals surface area contributed by atoms with Crippen LogP contribution in [0.1, 0.15) is 0 Å². The molecule has 0 aliphatic rings. The van der Waals surface area contributed by atoms with Gasteiger partial charge in [0.25, 0.3) is 0 Å². The predicted molar refractivity (Wildman–Crippen MR) is 66.7 cm³/mol. The summed E-state index contributed by atoms with van der Waals surface area (Å²) < 4.78 is 0. The Morgan fingerprint density at radius 3 is 3.06 bits per heavy atom. The maximum Gasteiger partial charge on any atom is 0.129 e. The third-order valence-electron chi connectivity index (χ3n) is 2.68. The SMILES string of the molecule is CNc1cc(-c2cccc3[nH]ncc23)ncn1. The number of aromatic amines is 1. The summed E-state index contributed by atoms with van der Waals surface area (Å²) in [5.74, 6) is 0.801. The smallest absolute Gasteiger partial charge is 0.129 e. The highest BCUT2D eigenvalue weighted by Crippen LogP contribution is 2.26. The van der Waals surface area contributed by atoms with Crippen molar-refractivity contribution in [2.75, 3.05) is 12.4 Å². The summed E-state index contributed by atoms with van der Waals surface area (Å²) in [5, 5.41) is 11.1. The van der Waals surface area contributed by atoms with Crippen LogP contribution in [0.5, 0.6) is 0 Å². The molecule has 0 saturated carbocycles. The Kier molecular flexibility index (Phi) is 2.22. The van der Waals surface area contributed by atoms with Gasteiger partial charge in [-0.15, -0.1) is 0 Å². The van der Waals surface area contributed by atoms with Gasteiger partial charge in [-0.3, -0.25) is 5.10 Å². The zero-order valence-electron chi connectivity index (χ0n) is 9.31. The summed E-state index contributed by atoms with van der Waals surface area (Å²) in [6.07, 6.45) is 3.37. The highest BCUT2D eigenvalue weighted by molar-refractivity contribution is 5.93. The van der Waals surface area contributed by atoms with E-state index in [1.807, 2.05) is 37.5 Å². The Morgan fingerprint density at radius 1 is 1.24 bits per heavy atom. The molecule has 0 aliphatic heterocycles. The van der Waals surface area contributed by atoms with Crippen LogP contribution in [-0.4, -0.2) is 27.2 Å². The summed E-state index contributed by atoms with van der Waals surface area (Å²) in [4.78, 5) is 8.40. The number of H-pyrrole nitrogens is 1. The number of anilines is 1. The molecule has 84 valence electrons. The Bertz CT molecular complexity index is 659. The summed E-state index contributed by atoms with van der Waals surface area (Å²) in [6, 6.07) is 7.92. The molecule has 0 radical (unpaired) electrons. The maximum atomic E-state index is 4.29. The lowest BCUT2D eigenvalue weighted by molar-refractivity contribution is 1.12. The Balaban J connectivity index is 2.23. The molecule has 2 heterocycles. The van der Waals surface area contributed by atoms with Crippen molar-refractivity contribution in [3.05, 3.63) is 36.8 Å². The molecular weight excluding hydrogens is 214 g/mol. The van der Waals surface area contributed by atoms with Gasteiger partial charge in [0.2, 0.25) is 0 Å². The zero-order valence-corrected chi connectivity index (χ0v) is 9.31. The van der Waals surface area contributed by atoms with E-state index in [1.54, 1.807) is 6.33 Å². The zero-order chi connectivity index (χ0) is 11.7. The van der Waals surface area contributed by atoms with Crippen molar-refractivity contribution in [1.82, 2.24) is 20.2 Å². The fraction of sp³-hybridized carbons (Fsp3) is 0.0833. The van der Waals surface area contributed by atoms with Crippen LogP contribution in [0.4, 0.5) is 5.82 Å². The number of nitrogens with one attached hydrogen (secondary N) is 2. The van der Waals surface area contributed by atoms with E-state index < -0.39 is 0 Å². The van der Waals surface area contributed by atoms with Crippen LogP contribution in [0.15, 0.2) is 36.8 Å². The minimum atomic E-state index is 0.801. The second-order valence-electron chi connectivity index (χ2n) is 3.68. The van der Waals surface area contributed by atoms with Gasteiger partial charge < -0.3 is 5.32 Å². The number of nitrogens with zero attached hydrogens (tertiary/aromatic N) is 3. The van der Waals surface area contributed by atoms with Crippen molar-refractivity contribution in [3.8, 4) is 11.3 Å². The van der Waals surface area contributed by atoms with Gasteiger partial charge in [0.15, 0.2) is 0 Å². The van der Waals surface area contributed by atoms with Crippen LogP contribution in [0.3, 0.4) is 0 Å². The fourth-order valence-electron chi connectivity index (χ4n) is 1.83. The minimum absolute atomic E-state index is 0.801. The fourth-order valence-corrected chi connectivity index (χ4v) is 1.83. The van der Waals surface area contributed by atoms with Crippen molar-refractivity contribution in [3.63, 3.8) is 0 Å². The van der Waals surface area contributed by atoms with Crippen molar-refractivity contribution in [2.45, 2.75) is 0 Å². The van der Waals surface area contributed by atoms with Gasteiger partial charge in [0.05, 0.1) is 17.4 Å². The van der Waals surface area contributed by atoms with Crippen LogP contribution in [0.2, 0.25) is 0 Å². The molecule has 0 fully saturated rings. The van der Waals surface area contributed by atoms with Crippen molar-refractivity contribution in [1.29, 1.82) is 0 Å². The highest BCUT2D eigenvalue weighted by Gasteiger charge is 2.06. The monoisotopic (exact) mass is 225 g/mol. The molecule has 5 heteroatoms. The van der Waals surface area contributed by atoms with Gasteiger partial charge in [-0.1, -0.05) is 12.1 Å². The first-order valence-corrected chi connectivity index (χ1v) is 5.31. The van der Waals surface area contributed by atoms with E-state index in [0.29, 0.717) is 0 Å². The van der Waals surface area contributed by atoms with Crippen LogP contribution in [0, 0.1) is 0 Å². The molecule has 1 aromatic carbocycles. The molecule has 0 atom stereocenters. The van der Waals surface area contributed by atoms with E-state index in [0.717, 1.165) is 28.0 Å². The first-order valence-electron chi connectivity index (χ1n) is 5.31. The largest absolute Gasteiger partial charge is 0.373 e. The van der Waals surface area contributed by atoms with E-state index in [9.17, 15) is 0 Å². The van der Waals surface area contributed by atoms with Gasteiger partial charge >= 0.3 is 0 Å². The van der Waals surface area contributed by atoms with Crippen LogP contribution >= 0.6 is 0 Å². The molecule has 3 aromatic rings. The Labute approximate surface area is 97.9 Å². The van der Waals surface area contributed by atoms with Crippen molar-refractivity contribution in [2.24, 2.45) is 0 Å². The van der Waals surface area contributed by atoms with Gasteiger partial charge in [-0.2, -0.15) is 5.10 Å². The van der Waals surface area contributed by atoms with E-state index in [4.69, 9.17) is 0 Å². The minimum Gasteiger partial charge on any atom is -0.373 e. The van der Waals surface area contributed by atoms with Crippen LogP contribution in [-0.2, 0) is 0 Å². The third-order valence-corrected chi connectivity index (χ3v) is 2.68. The summed E-state index contributed by atoms with van der Waals surface area (Å²) in [6.45, 7) is 0. The molecule has 0 bridgehead atoms. The lowest BCUT2D eigenvalue weighted by atomic mass is 10.1. The lowest BCUT2D eigenvalue weighted by Gasteiger charge is -2.04. The number of hydrogen-bond donors (Lipinski definition) is 2. The molecule has 0 spiro atoms. The molecule has 3 rings (SSSR count). The molecule has 0 aliphatic carbocycles. The van der Waals surface area contributed by atoms with Crippen LogP contribution in [0.25, 0.3) is 22.2 Å². The maximum absolute atomic E-state index is 4.29. The number of fused-ring (bicyclic) bond motifs is 1. The summed E-state index contributed by atoms with van der Waals surface area (Å²) >= 11 is 0. The van der Waals surface area contributed by atoms with Gasteiger partial charge in [0.1, 0.15) is 12.1 Å². The molecule has 0 amide bonds. The molecule has 17 heavy (non-hydrogen) atoms. The van der Waals surface area contributed by atoms with E-state index in [2.05, 4.69) is 25.5 Å². The topological polar surface area (TPSA) is 66.5 Å². The highest BCUT2D eigenvalue weighted by atomic mass is 15.1. The second-order valence-corrected chi connectivity index (χ2v) is 3.68. The molecular formula is C12H11N5. The van der Waals surface area contributed by atoms with Crippen molar-refractivity contribution < 1.29 is 0 Å². The van der Waals surface area contributed by atoms with Gasteiger partial charge in [-0.05, 0) is 6.07 Å². The number of hydrogen-bond acceptors (Lipinski definition) is 4. The Morgan fingerprint density at radius 2 is 2.18 bits per heavy atom. The Hall–Kier alpha value is -2.43. The van der Waals surface area contributed by atoms with E-state index >= 15 is 0 Å². The normalized spacial score (nSPS) is 10.6. The molecule has 0 unspecified atom stereocenters. The predicted octanol–water partition coefficient (Wildman–Crippen LogP) is 2.06. The quantitative estimate of drug-likeness (QED) is 0.700. The summed E-state index contributed by atoms with van der Waals surface area (Å²) in [7, 11) is 1.84. The number of benzene rings is 1.